The number of aliphatic hydroxyl groups excluding tert-OH is 2. The molecule has 308 valence electrons. The van der Waals surface area contributed by atoms with Gasteiger partial charge in [0.25, 0.3) is 0 Å². The number of aliphatic hydroxyl groups is 2. The van der Waals surface area contributed by atoms with Crippen molar-refractivity contribution in [2.75, 3.05) is 18.1 Å². The quantitative estimate of drug-likeness (QED) is 0.0680. The molecule has 2 aliphatic rings. The smallest absolute Gasteiger partial charge is 0.393 e. The summed E-state index contributed by atoms with van der Waals surface area (Å²) in [5, 5.41) is 23.3. The molecule has 0 saturated carbocycles. The molecule has 2 aromatic carbocycles. The first-order chi connectivity index (χ1) is 25.2. The van der Waals surface area contributed by atoms with Crippen LogP contribution < -0.4 is 29.6 Å². The van der Waals surface area contributed by atoms with Crippen molar-refractivity contribution in [1.82, 2.24) is 0 Å². The summed E-state index contributed by atoms with van der Waals surface area (Å²) in [6.45, 7) is 13.4. The maximum Gasteiger partial charge on any atom is 1.00 e. The van der Waals surface area contributed by atoms with Crippen LogP contribution in [0.4, 0.5) is 0 Å². The summed E-state index contributed by atoms with van der Waals surface area (Å²) < 4.78 is 63.1. The van der Waals surface area contributed by atoms with Gasteiger partial charge in [0.15, 0.2) is 19.7 Å². The number of hydrogen-bond acceptors (Lipinski definition) is 9. The van der Waals surface area contributed by atoms with Gasteiger partial charge < -0.3 is 30.7 Å². The van der Waals surface area contributed by atoms with Crippen LogP contribution in [0.25, 0.3) is 26.4 Å². The summed E-state index contributed by atoms with van der Waals surface area (Å²) in [5.74, 6) is -0.222. The van der Waals surface area contributed by atoms with E-state index in [-0.39, 0.29) is 111 Å². The van der Waals surface area contributed by atoms with Crippen molar-refractivity contribution in [3.8, 4) is 0 Å². The molecule has 2 fully saturated rings. The van der Waals surface area contributed by atoms with E-state index >= 15 is 0 Å². The molecule has 0 radical (unpaired) electrons. The van der Waals surface area contributed by atoms with E-state index in [1.54, 1.807) is 66.7 Å². The third-order valence-electron chi connectivity index (χ3n) is 9.84. The standard InChI is InChI=1S/C19H28O4S.C18H25N3O4S.2CH4.N3.Na/c1-4-9-18-17(14(3)19(23-18)12-15(20)5-2)13-24(21,22)16-10-7-6-8-11-16;1-3-7-17-16(12-26(23,24)15-8-5-4-6-9-15)13(2)18(25-17)10-14(22)11-20-21-19;;;1-3-2;/h4,6-8,10-11,14-15,17-20H,1,5,9,12-13H2,2-3H3;3-6,8-9,13-14,16-18,22H,1,7,10-12H2,2H3;2*1H4;;/q;;;;-1;+1/t14-,15-,17-,18+,19-;13-,14+,16-,17+,18-;;;;/m11..../s1. The number of nitrogens with zero attached hydrogens (tertiary/aromatic N) is 6. The van der Waals surface area contributed by atoms with Crippen LogP contribution in [0, 0.1) is 23.7 Å². The largest absolute Gasteiger partial charge is 1.00 e. The molecule has 2 aliphatic heterocycles. The zero-order valence-corrected chi connectivity index (χ0v) is 35.2. The monoisotopic (exact) mass is 828 g/mol. The predicted molar refractivity (Wildman–Crippen MR) is 218 cm³/mol. The van der Waals surface area contributed by atoms with Crippen molar-refractivity contribution >= 4 is 19.7 Å². The van der Waals surface area contributed by atoms with Gasteiger partial charge >= 0.3 is 29.6 Å². The molecule has 2 N–H and O–H groups in total. The van der Waals surface area contributed by atoms with Crippen molar-refractivity contribution in [3.63, 3.8) is 0 Å². The first kappa shape index (κ1) is 55.4. The Morgan fingerprint density at radius 1 is 0.732 bits per heavy atom. The van der Waals surface area contributed by atoms with Crippen LogP contribution in [0.15, 0.2) is 101 Å². The molecular weight excluding hydrogens is 768 g/mol. The van der Waals surface area contributed by atoms with Gasteiger partial charge in [-0.1, -0.05) is 89.3 Å². The van der Waals surface area contributed by atoms with E-state index in [4.69, 9.17) is 26.1 Å². The molecule has 0 aliphatic carbocycles. The molecule has 17 heteroatoms. The van der Waals surface area contributed by atoms with Gasteiger partial charge in [0, 0.05) is 16.7 Å². The van der Waals surface area contributed by atoms with Gasteiger partial charge in [-0.15, -0.1) is 13.2 Å². The van der Waals surface area contributed by atoms with Crippen molar-refractivity contribution in [2.24, 2.45) is 28.8 Å². The number of benzene rings is 2. The Labute approximate surface area is 357 Å². The van der Waals surface area contributed by atoms with E-state index < -0.39 is 31.9 Å². The van der Waals surface area contributed by atoms with Crippen LogP contribution in [-0.4, -0.2) is 81.7 Å². The van der Waals surface area contributed by atoms with Crippen LogP contribution in [0.1, 0.15) is 67.7 Å². The predicted octanol–water partition coefficient (Wildman–Crippen LogP) is 5.48. The summed E-state index contributed by atoms with van der Waals surface area (Å²) >= 11 is 0. The first-order valence-corrected chi connectivity index (χ1v) is 20.9. The molecule has 0 spiro atoms. The molecule has 14 nitrogen and oxygen atoms in total. The van der Waals surface area contributed by atoms with Crippen molar-refractivity contribution in [2.45, 2.75) is 114 Å². The second-order valence-corrected chi connectivity index (χ2v) is 17.5. The minimum absolute atomic E-state index is 0. The number of ether oxygens (including phenoxy) is 2. The number of hydrogen-bond donors (Lipinski definition) is 2. The van der Waals surface area contributed by atoms with Crippen LogP contribution in [-0.2, 0) is 29.1 Å². The third-order valence-corrected chi connectivity index (χ3v) is 13.5. The average molecular weight is 829 g/mol. The molecular formula is C39H61N6NaO8S2. The fraction of sp³-hybridized carbons (Fsp3) is 0.590. The fourth-order valence-corrected chi connectivity index (χ4v) is 10.4. The second kappa shape index (κ2) is 27.8. The zero-order valence-electron chi connectivity index (χ0n) is 31.6. The van der Waals surface area contributed by atoms with Crippen LogP contribution in [0.3, 0.4) is 0 Å². The maximum atomic E-state index is 12.8. The Balaban J connectivity index is 0. The first-order valence-electron chi connectivity index (χ1n) is 17.6. The SMILES string of the molecule is C.C.C=CC[C@@H]1O[C@H](C[C@H](O)CC)[C@H](C)[C@H]1CS(=O)(=O)c1ccccc1.C=CC[C@@H]1O[C@H](C[C@H](O)CN=[N+]=[N-])[C@H](C)[C@H]1CS(=O)(=O)c1ccccc1.[N-]=[N+]=[N-].[Na+]. The summed E-state index contributed by atoms with van der Waals surface area (Å²) in [7, 11) is -6.80. The second-order valence-electron chi connectivity index (χ2n) is 13.4. The van der Waals surface area contributed by atoms with Gasteiger partial charge in [-0.25, -0.2) is 16.8 Å². The molecule has 2 aromatic rings. The van der Waals surface area contributed by atoms with Gasteiger partial charge in [0.2, 0.25) is 0 Å². The van der Waals surface area contributed by atoms with Crippen molar-refractivity contribution < 1.29 is 66.1 Å². The van der Waals surface area contributed by atoms with Crippen LogP contribution >= 0.6 is 0 Å². The maximum absolute atomic E-state index is 12.8. The third kappa shape index (κ3) is 17.0. The van der Waals surface area contributed by atoms with Crippen LogP contribution in [0.5, 0.6) is 0 Å². The van der Waals surface area contributed by atoms with Crippen molar-refractivity contribution in [1.29, 1.82) is 0 Å². The van der Waals surface area contributed by atoms with Gasteiger partial charge in [-0.3, -0.25) is 4.91 Å². The van der Waals surface area contributed by atoms with Gasteiger partial charge in [0.05, 0.1) is 64.5 Å². The normalized spacial score (nSPS) is 24.9. The molecule has 0 unspecified atom stereocenters. The molecule has 4 rings (SSSR count). The van der Waals surface area contributed by atoms with Crippen LogP contribution in [0.2, 0.25) is 0 Å². The Hall–Kier alpha value is -2.72. The zero-order chi connectivity index (χ0) is 39.6. The van der Waals surface area contributed by atoms with E-state index in [0.717, 1.165) is 0 Å². The topological polar surface area (TPSA) is 235 Å². The van der Waals surface area contributed by atoms with E-state index in [0.29, 0.717) is 41.9 Å². The minimum atomic E-state index is -3.44. The summed E-state index contributed by atoms with van der Waals surface area (Å²) in [5.41, 5.74) is 21.9. The van der Waals surface area contributed by atoms with E-state index in [2.05, 4.69) is 23.2 Å². The molecule has 2 saturated heterocycles. The summed E-state index contributed by atoms with van der Waals surface area (Å²) in [6, 6.07) is 16.9. The number of rotatable bonds is 17. The molecule has 10 atom stereocenters. The average Bonchev–Trinajstić information content (AvgIpc) is 3.57. The molecule has 0 bridgehead atoms. The Bertz CT molecular complexity index is 1730. The number of sulfone groups is 2. The fourth-order valence-electron chi connectivity index (χ4n) is 6.84. The number of azide groups is 1. The molecule has 0 amide bonds. The van der Waals surface area contributed by atoms with E-state index in [1.165, 1.54) is 4.91 Å². The molecule has 0 aromatic heterocycles. The minimum Gasteiger partial charge on any atom is -0.393 e. The Morgan fingerprint density at radius 3 is 1.41 bits per heavy atom. The Kier molecular flexibility index (Phi) is 27.5. The van der Waals surface area contributed by atoms with E-state index in [9.17, 15) is 27.0 Å². The molecule has 56 heavy (non-hydrogen) atoms. The van der Waals surface area contributed by atoms with Gasteiger partial charge in [-0.2, -0.15) is 0 Å². The van der Waals surface area contributed by atoms with E-state index in [1.807, 2.05) is 26.8 Å². The summed E-state index contributed by atoms with van der Waals surface area (Å²) in [6.07, 6.45) is 4.13. The Morgan fingerprint density at radius 2 is 1.09 bits per heavy atom. The van der Waals surface area contributed by atoms with Gasteiger partial charge in [0.1, 0.15) is 0 Å². The van der Waals surface area contributed by atoms with Gasteiger partial charge in [-0.05, 0) is 73.7 Å². The molecule has 2 heterocycles. The van der Waals surface area contributed by atoms with Crippen molar-refractivity contribution in [3.05, 3.63) is 112 Å². The summed E-state index contributed by atoms with van der Waals surface area (Å²) in [4.78, 5) is 4.80.